The van der Waals surface area contributed by atoms with E-state index < -0.39 is 0 Å². The third kappa shape index (κ3) is 1.59. The first-order chi connectivity index (χ1) is 4.34. The molecule has 1 N–H and O–H groups in total. The van der Waals surface area contributed by atoms with Gasteiger partial charge in [-0.05, 0) is 0 Å². The molecule has 0 aromatic carbocycles. The molecule has 0 amide bonds. The summed E-state index contributed by atoms with van der Waals surface area (Å²) >= 11 is 0.335. The van der Waals surface area contributed by atoms with E-state index in [1.165, 1.54) is 15.3 Å². The van der Waals surface area contributed by atoms with Gasteiger partial charge in [-0.2, -0.15) is 0 Å². The van der Waals surface area contributed by atoms with Gasteiger partial charge >= 0.3 is 61.2 Å². The van der Waals surface area contributed by atoms with Crippen molar-refractivity contribution in [3.05, 3.63) is 11.8 Å². The van der Waals surface area contributed by atoms with Crippen LogP contribution in [0.1, 0.15) is 12.5 Å². The van der Waals surface area contributed by atoms with E-state index in [0.717, 1.165) is 0 Å². The van der Waals surface area contributed by atoms with E-state index in [-0.39, 0.29) is 0 Å². The molecule has 3 heteroatoms. The summed E-state index contributed by atoms with van der Waals surface area (Å²) in [7, 11) is 0. The number of hydrogen-bond acceptors (Lipinski definition) is 1. The Morgan fingerprint density at radius 2 is 2.56 bits per heavy atom. The number of nitrogens with one attached hydrogen (secondary N) is 1. The van der Waals surface area contributed by atoms with Crippen LogP contribution >= 0.6 is 0 Å². The van der Waals surface area contributed by atoms with E-state index in [2.05, 4.69) is 24.0 Å². The topological polar surface area (TPSA) is 28.7 Å². The van der Waals surface area contributed by atoms with Gasteiger partial charge in [-0.3, -0.25) is 0 Å². The van der Waals surface area contributed by atoms with Crippen LogP contribution in [0.25, 0.3) is 0 Å². The Kier molecular flexibility index (Phi) is 2.35. The summed E-state index contributed by atoms with van der Waals surface area (Å²) in [6.07, 6.45) is 1.96. The van der Waals surface area contributed by atoms with E-state index in [0.29, 0.717) is 15.8 Å². The fourth-order valence-corrected chi connectivity index (χ4v) is 2.21. The van der Waals surface area contributed by atoms with E-state index in [9.17, 15) is 0 Å². The third-order valence-corrected chi connectivity index (χ3v) is 3.35. The minimum atomic E-state index is 0.335. The molecule has 0 aliphatic heterocycles. The molecule has 1 aromatic rings. The third-order valence-electron chi connectivity index (χ3n) is 1.11. The SMILES string of the molecule is CC[As]c1n[nH]cc1C. The molecule has 1 heterocycles. The molecule has 0 spiro atoms. The van der Waals surface area contributed by atoms with Crippen molar-refractivity contribution in [3.8, 4) is 0 Å². The molecule has 49 valence electrons. The van der Waals surface area contributed by atoms with Crippen molar-refractivity contribution in [2.75, 3.05) is 0 Å². The Morgan fingerprint density at radius 3 is 3.00 bits per heavy atom. The first-order valence-corrected chi connectivity index (χ1v) is 5.29. The molecular weight excluding hydrogens is 175 g/mol. The molecule has 9 heavy (non-hydrogen) atoms. The average Bonchev–Trinajstić information content (AvgIpc) is 2.18. The number of aromatic nitrogens is 2. The predicted octanol–water partition coefficient (Wildman–Crippen LogP) is 0.486. The van der Waals surface area contributed by atoms with Crippen LogP contribution in [-0.2, 0) is 0 Å². The normalized spacial score (nSPS) is 11.3. The molecule has 0 unspecified atom stereocenters. The van der Waals surface area contributed by atoms with Gasteiger partial charge in [-0.1, -0.05) is 0 Å². The quantitative estimate of drug-likeness (QED) is 0.667. The molecule has 0 aliphatic carbocycles. The Morgan fingerprint density at radius 1 is 1.78 bits per heavy atom. The molecule has 0 saturated heterocycles. The Bertz CT molecular complexity index is 183. The van der Waals surface area contributed by atoms with Gasteiger partial charge in [0.2, 0.25) is 0 Å². The van der Waals surface area contributed by atoms with E-state index >= 15 is 0 Å². The second-order valence-corrected chi connectivity index (χ2v) is 4.75. The van der Waals surface area contributed by atoms with Crippen LogP contribution in [0.15, 0.2) is 6.20 Å². The van der Waals surface area contributed by atoms with Crippen molar-refractivity contribution in [2.24, 2.45) is 0 Å². The molecule has 0 bridgehead atoms. The van der Waals surface area contributed by atoms with Gasteiger partial charge in [0.05, 0.1) is 0 Å². The summed E-state index contributed by atoms with van der Waals surface area (Å²) in [4.78, 5) is 0. The first kappa shape index (κ1) is 6.88. The zero-order chi connectivity index (χ0) is 6.69. The van der Waals surface area contributed by atoms with Crippen molar-refractivity contribution >= 4 is 20.2 Å². The number of hydrogen-bond donors (Lipinski definition) is 1. The van der Waals surface area contributed by atoms with Gasteiger partial charge in [0, 0.05) is 0 Å². The average molecular weight is 185 g/mol. The van der Waals surface area contributed by atoms with Crippen LogP contribution in [0, 0.1) is 6.92 Å². The minimum absolute atomic E-state index is 0.335. The number of aromatic amines is 1. The monoisotopic (exact) mass is 185 g/mol. The molecule has 0 aliphatic rings. The van der Waals surface area contributed by atoms with Crippen molar-refractivity contribution in [1.29, 1.82) is 0 Å². The molecule has 2 nitrogen and oxygen atoms in total. The summed E-state index contributed by atoms with van der Waals surface area (Å²) in [6, 6.07) is 0. The Balaban J connectivity index is 2.69. The van der Waals surface area contributed by atoms with E-state index in [4.69, 9.17) is 0 Å². The molecule has 1 radical (unpaired) electrons. The van der Waals surface area contributed by atoms with Crippen molar-refractivity contribution in [1.82, 2.24) is 10.2 Å². The molecule has 0 atom stereocenters. The Hall–Kier alpha value is -0.232. The maximum atomic E-state index is 4.12. The second kappa shape index (κ2) is 3.07. The van der Waals surface area contributed by atoms with Gasteiger partial charge < -0.3 is 0 Å². The second-order valence-electron chi connectivity index (χ2n) is 1.87. The van der Waals surface area contributed by atoms with E-state index in [1.807, 2.05) is 6.20 Å². The summed E-state index contributed by atoms with van der Waals surface area (Å²) in [5, 5.41) is 8.24. The van der Waals surface area contributed by atoms with Crippen LogP contribution in [-0.4, -0.2) is 25.9 Å². The van der Waals surface area contributed by atoms with Crippen molar-refractivity contribution in [3.63, 3.8) is 0 Å². The van der Waals surface area contributed by atoms with Crippen LogP contribution in [0.5, 0.6) is 0 Å². The molecular formula is C6H10AsN2. The first-order valence-electron chi connectivity index (χ1n) is 3.02. The van der Waals surface area contributed by atoms with Crippen LogP contribution in [0.3, 0.4) is 0 Å². The van der Waals surface area contributed by atoms with Crippen LogP contribution in [0.4, 0.5) is 0 Å². The van der Waals surface area contributed by atoms with Gasteiger partial charge in [0.15, 0.2) is 0 Å². The van der Waals surface area contributed by atoms with E-state index in [1.54, 1.807) is 0 Å². The molecule has 0 saturated carbocycles. The zero-order valence-corrected chi connectivity index (χ0v) is 7.56. The van der Waals surface area contributed by atoms with Gasteiger partial charge in [0.1, 0.15) is 0 Å². The molecule has 1 aromatic heterocycles. The number of aryl methyl sites for hydroxylation is 1. The van der Waals surface area contributed by atoms with Gasteiger partial charge in [0.25, 0.3) is 0 Å². The molecule has 0 fully saturated rings. The van der Waals surface area contributed by atoms with Gasteiger partial charge in [-0.25, -0.2) is 0 Å². The summed E-state index contributed by atoms with van der Waals surface area (Å²) in [6.45, 7) is 4.30. The van der Waals surface area contributed by atoms with Crippen molar-refractivity contribution in [2.45, 2.75) is 19.1 Å². The summed E-state index contributed by atoms with van der Waals surface area (Å²) in [5.41, 5.74) is 1.32. The predicted molar refractivity (Wildman–Crippen MR) is 39.2 cm³/mol. The molecule has 1 rings (SSSR count). The maximum absolute atomic E-state index is 4.12. The number of nitrogens with zero attached hydrogens (tertiary/aromatic N) is 1. The summed E-state index contributed by atoms with van der Waals surface area (Å²) in [5.74, 6) is 0. The number of H-pyrrole nitrogens is 1. The standard InChI is InChI=1S/C6H10AsN2/c1-3-7-6-5(2)4-8-9-6/h4H,3H2,1-2H3,(H,8,9). The van der Waals surface area contributed by atoms with Crippen LogP contribution in [0.2, 0.25) is 5.21 Å². The zero-order valence-electron chi connectivity index (χ0n) is 5.68. The Labute approximate surface area is 61.7 Å². The van der Waals surface area contributed by atoms with Crippen molar-refractivity contribution < 1.29 is 0 Å². The fourth-order valence-electron chi connectivity index (χ4n) is 0.653. The van der Waals surface area contributed by atoms with Gasteiger partial charge in [-0.15, -0.1) is 0 Å². The number of rotatable bonds is 2. The van der Waals surface area contributed by atoms with Crippen LogP contribution < -0.4 is 4.48 Å². The summed E-state index contributed by atoms with van der Waals surface area (Å²) < 4.78 is 1.30. The fraction of sp³-hybridized carbons (Fsp3) is 0.500.